The van der Waals surface area contributed by atoms with Gasteiger partial charge in [0.2, 0.25) is 5.69 Å². The summed E-state index contributed by atoms with van der Waals surface area (Å²) >= 11 is 0. The summed E-state index contributed by atoms with van der Waals surface area (Å²) in [5.41, 5.74) is 5.10. The van der Waals surface area contributed by atoms with Crippen molar-refractivity contribution in [3.8, 4) is 22.8 Å². The Bertz CT molecular complexity index is 916. The summed E-state index contributed by atoms with van der Waals surface area (Å²) in [6.45, 7) is 0. The van der Waals surface area contributed by atoms with Crippen LogP contribution in [0.15, 0.2) is 42.5 Å². The number of carbonyl (C=O) groups is 1. The van der Waals surface area contributed by atoms with Gasteiger partial charge in [-0.3, -0.25) is 0 Å². The van der Waals surface area contributed by atoms with E-state index in [2.05, 4.69) is 33.6 Å². The fourth-order valence-electron chi connectivity index (χ4n) is 3.29. The third kappa shape index (κ3) is 2.98. The first-order chi connectivity index (χ1) is 12.2. The van der Waals surface area contributed by atoms with Crippen LogP contribution in [0.1, 0.15) is 34.5 Å². The number of carboxylic acid groups (broad SMARTS) is 1. The summed E-state index contributed by atoms with van der Waals surface area (Å²) in [5, 5.41) is 18.5. The van der Waals surface area contributed by atoms with E-state index in [-0.39, 0.29) is 11.6 Å². The van der Waals surface area contributed by atoms with Crippen LogP contribution in [0.4, 0.5) is 0 Å². The Hall–Kier alpha value is -3.15. The van der Waals surface area contributed by atoms with Gasteiger partial charge in [-0.15, -0.1) is 0 Å². The number of aromatic carboxylic acids is 1. The molecule has 1 aromatic heterocycles. The number of nitrogens with one attached hydrogen (secondary N) is 1. The highest BCUT2D eigenvalue weighted by atomic mass is 16.5. The molecule has 1 aliphatic carbocycles. The third-order valence-electron chi connectivity index (χ3n) is 4.51. The number of carboxylic acids is 1. The van der Waals surface area contributed by atoms with Crippen molar-refractivity contribution < 1.29 is 14.6 Å². The Balaban J connectivity index is 1.61. The Kier molecular flexibility index (Phi) is 3.93. The zero-order chi connectivity index (χ0) is 17.2. The molecule has 0 spiro atoms. The quantitative estimate of drug-likeness (QED) is 0.756. The van der Waals surface area contributed by atoms with Crippen LogP contribution in [0, 0.1) is 0 Å². The highest BCUT2D eigenvalue weighted by Gasteiger charge is 2.17. The summed E-state index contributed by atoms with van der Waals surface area (Å²) in [6.07, 6.45) is 4.75. The minimum atomic E-state index is -1.16. The number of ether oxygens (including phenoxy) is 1. The lowest BCUT2D eigenvalue weighted by Crippen LogP contribution is -2.04. The summed E-state index contributed by atoms with van der Waals surface area (Å²) in [5.74, 6) is -0.685. The molecular weight excluding hydrogens is 318 g/mol. The molecule has 0 aliphatic heterocycles. The number of H-pyrrole nitrogens is 1. The number of hydrogen-bond acceptors (Lipinski definition) is 4. The molecule has 0 bridgehead atoms. The SMILES string of the molecule is O=C(O)c1[nH]nnc1Oc1ccc(-c2cccc3c2CCCC3)cc1. The molecule has 1 heterocycles. The van der Waals surface area contributed by atoms with E-state index in [4.69, 9.17) is 9.84 Å². The minimum Gasteiger partial charge on any atom is -0.476 e. The van der Waals surface area contributed by atoms with Crippen molar-refractivity contribution >= 4 is 5.97 Å². The number of nitrogens with zero attached hydrogens (tertiary/aromatic N) is 2. The molecule has 1 aliphatic rings. The van der Waals surface area contributed by atoms with Gasteiger partial charge in [0.05, 0.1) is 0 Å². The maximum atomic E-state index is 11.1. The summed E-state index contributed by atoms with van der Waals surface area (Å²) in [4.78, 5) is 11.1. The molecule has 0 fully saturated rings. The molecule has 25 heavy (non-hydrogen) atoms. The maximum absolute atomic E-state index is 11.1. The normalized spacial score (nSPS) is 13.3. The van der Waals surface area contributed by atoms with Crippen LogP contribution in [0.3, 0.4) is 0 Å². The van der Waals surface area contributed by atoms with E-state index in [9.17, 15) is 4.79 Å². The average molecular weight is 335 g/mol. The van der Waals surface area contributed by atoms with Crippen LogP contribution in [-0.2, 0) is 12.8 Å². The molecule has 0 amide bonds. The molecule has 3 aromatic rings. The van der Waals surface area contributed by atoms with Crippen molar-refractivity contribution in [2.24, 2.45) is 0 Å². The van der Waals surface area contributed by atoms with Crippen molar-refractivity contribution in [3.05, 3.63) is 59.3 Å². The van der Waals surface area contributed by atoms with Gasteiger partial charge in [0.1, 0.15) is 5.75 Å². The second-order valence-electron chi connectivity index (χ2n) is 6.07. The summed E-state index contributed by atoms with van der Waals surface area (Å²) in [6, 6.07) is 14.1. The van der Waals surface area contributed by atoms with Gasteiger partial charge >= 0.3 is 5.97 Å². The van der Waals surface area contributed by atoms with Crippen LogP contribution in [-0.4, -0.2) is 26.5 Å². The van der Waals surface area contributed by atoms with Gasteiger partial charge < -0.3 is 9.84 Å². The highest BCUT2D eigenvalue weighted by molar-refractivity contribution is 5.87. The molecule has 4 rings (SSSR count). The number of rotatable bonds is 4. The lowest BCUT2D eigenvalue weighted by atomic mass is 9.86. The fraction of sp³-hybridized carbons (Fsp3) is 0.211. The van der Waals surface area contributed by atoms with Gasteiger partial charge in [0.25, 0.3) is 5.88 Å². The number of benzene rings is 2. The second kappa shape index (κ2) is 6.39. The van der Waals surface area contributed by atoms with Gasteiger partial charge in [0, 0.05) is 0 Å². The first-order valence-corrected chi connectivity index (χ1v) is 8.26. The van der Waals surface area contributed by atoms with Crippen molar-refractivity contribution in [2.75, 3.05) is 0 Å². The van der Waals surface area contributed by atoms with Gasteiger partial charge in [-0.25, -0.2) is 9.89 Å². The number of aromatic nitrogens is 3. The van der Waals surface area contributed by atoms with E-state index < -0.39 is 5.97 Å². The van der Waals surface area contributed by atoms with Crippen molar-refractivity contribution in [1.82, 2.24) is 15.4 Å². The van der Waals surface area contributed by atoms with Gasteiger partial charge in [-0.1, -0.05) is 40.6 Å². The smallest absolute Gasteiger partial charge is 0.359 e. The number of hydrogen-bond donors (Lipinski definition) is 2. The standard InChI is InChI=1S/C19H17N3O3/c23-19(24)17-18(21-22-20-17)25-14-10-8-13(9-11-14)16-7-3-5-12-4-1-2-6-15(12)16/h3,5,7-11H,1-2,4,6H2,(H,23,24)(H,20,21,22). The minimum absolute atomic E-state index is 0.0441. The molecule has 0 atom stereocenters. The highest BCUT2D eigenvalue weighted by Crippen LogP contribution is 2.33. The van der Waals surface area contributed by atoms with Crippen LogP contribution in [0.25, 0.3) is 11.1 Å². The fourth-order valence-corrected chi connectivity index (χ4v) is 3.29. The van der Waals surface area contributed by atoms with Crippen molar-refractivity contribution in [1.29, 1.82) is 0 Å². The molecule has 2 N–H and O–H groups in total. The van der Waals surface area contributed by atoms with E-state index >= 15 is 0 Å². The van der Waals surface area contributed by atoms with Gasteiger partial charge in [0.15, 0.2) is 0 Å². The molecule has 6 heteroatoms. The molecule has 126 valence electrons. The van der Waals surface area contributed by atoms with Crippen LogP contribution >= 0.6 is 0 Å². The molecule has 0 saturated carbocycles. The third-order valence-corrected chi connectivity index (χ3v) is 4.51. The van der Waals surface area contributed by atoms with Crippen LogP contribution in [0.2, 0.25) is 0 Å². The average Bonchev–Trinajstić information content (AvgIpc) is 3.10. The lowest BCUT2D eigenvalue weighted by molar-refractivity contribution is 0.0687. The van der Waals surface area contributed by atoms with Crippen LogP contribution < -0.4 is 4.74 Å². The molecule has 0 radical (unpaired) electrons. The summed E-state index contributed by atoms with van der Waals surface area (Å²) in [7, 11) is 0. The molecular formula is C19H17N3O3. The first kappa shape index (κ1) is 15.4. The second-order valence-corrected chi connectivity index (χ2v) is 6.07. The predicted octanol–water partition coefficient (Wildman–Crippen LogP) is 3.84. The maximum Gasteiger partial charge on any atom is 0.359 e. The predicted molar refractivity (Wildman–Crippen MR) is 91.9 cm³/mol. The topological polar surface area (TPSA) is 88.1 Å². The largest absolute Gasteiger partial charge is 0.476 e. The monoisotopic (exact) mass is 335 g/mol. The number of aromatic amines is 1. The summed E-state index contributed by atoms with van der Waals surface area (Å²) < 4.78 is 5.53. The Morgan fingerprint density at radius 2 is 1.88 bits per heavy atom. The van der Waals surface area contributed by atoms with E-state index in [1.54, 1.807) is 0 Å². The number of aryl methyl sites for hydroxylation is 1. The van der Waals surface area contributed by atoms with E-state index in [0.717, 1.165) is 18.4 Å². The number of fused-ring (bicyclic) bond motifs is 1. The molecule has 6 nitrogen and oxygen atoms in total. The molecule has 0 saturated heterocycles. The Morgan fingerprint density at radius 3 is 2.68 bits per heavy atom. The zero-order valence-electron chi connectivity index (χ0n) is 13.5. The van der Waals surface area contributed by atoms with Gasteiger partial charge in [-0.2, -0.15) is 0 Å². The first-order valence-electron chi connectivity index (χ1n) is 8.26. The molecule has 0 unspecified atom stereocenters. The van der Waals surface area contributed by atoms with E-state index in [0.29, 0.717) is 5.75 Å². The van der Waals surface area contributed by atoms with Crippen molar-refractivity contribution in [2.45, 2.75) is 25.7 Å². The van der Waals surface area contributed by atoms with E-state index in [1.807, 2.05) is 24.3 Å². The Morgan fingerprint density at radius 1 is 1.08 bits per heavy atom. The molecule has 2 aromatic carbocycles. The van der Waals surface area contributed by atoms with Crippen LogP contribution in [0.5, 0.6) is 11.6 Å². The van der Waals surface area contributed by atoms with Crippen molar-refractivity contribution in [3.63, 3.8) is 0 Å². The Labute approximate surface area is 144 Å². The van der Waals surface area contributed by atoms with Gasteiger partial charge in [-0.05, 0) is 60.1 Å². The lowest BCUT2D eigenvalue weighted by Gasteiger charge is -2.19. The zero-order valence-corrected chi connectivity index (χ0v) is 13.5. The van der Waals surface area contributed by atoms with E-state index in [1.165, 1.54) is 29.5 Å².